The highest BCUT2D eigenvalue weighted by atomic mass is 16.2. The van der Waals surface area contributed by atoms with Crippen molar-refractivity contribution in [3.8, 4) is 0 Å². The van der Waals surface area contributed by atoms with E-state index in [1.54, 1.807) is 4.90 Å². The number of rotatable bonds is 7. The number of nitrogens with zero attached hydrogens (tertiary/aromatic N) is 1. The summed E-state index contributed by atoms with van der Waals surface area (Å²) in [4.78, 5) is 25.3. The van der Waals surface area contributed by atoms with Crippen LogP contribution >= 0.6 is 0 Å². The molecule has 0 bridgehead atoms. The van der Waals surface area contributed by atoms with E-state index in [4.69, 9.17) is 0 Å². The first-order valence-electron chi connectivity index (χ1n) is 8.48. The molecule has 0 aliphatic carbocycles. The number of nitrogens with one attached hydrogen (secondary N) is 2. The molecule has 0 radical (unpaired) electrons. The Morgan fingerprint density at radius 1 is 1.04 bits per heavy atom. The minimum Gasteiger partial charge on any atom is -0.385 e. The van der Waals surface area contributed by atoms with Gasteiger partial charge in [-0.3, -0.25) is 9.59 Å². The highest BCUT2D eigenvalue weighted by Gasteiger charge is 2.13. The van der Waals surface area contributed by atoms with Crippen molar-refractivity contribution in [2.45, 2.75) is 27.2 Å². The van der Waals surface area contributed by atoms with Gasteiger partial charge in [-0.25, -0.2) is 0 Å². The zero-order chi connectivity index (χ0) is 18.2. The van der Waals surface area contributed by atoms with Crippen LogP contribution in [0.2, 0.25) is 0 Å². The van der Waals surface area contributed by atoms with Crippen molar-refractivity contribution in [1.29, 1.82) is 0 Å². The smallest absolute Gasteiger partial charge is 0.228 e. The predicted octanol–water partition coefficient (Wildman–Crippen LogP) is 3.81. The second kappa shape index (κ2) is 8.87. The van der Waals surface area contributed by atoms with Gasteiger partial charge in [0.15, 0.2) is 0 Å². The largest absolute Gasteiger partial charge is 0.385 e. The van der Waals surface area contributed by atoms with Crippen LogP contribution in [0.15, 0.2) is 48.5 Å². The molecule has 2 aromatic carbocycles. The second-order valence-electron chi connectivity index (χ2n) is 5.91. The van der Waals surface area contributed by atoms with E-state index < -0.39 is 0 Å². The van der Waals surface area contributed by atoms with Crippen LogP contribution in [0.1, 0.15) is 25.8 Å². The summed E-state index contributed by atoms with van der Waals surface area (Å²) < 4.78 is 0. The normalized spacial score (nSPS) is 10.2. The Kier molecular flexibility index (Phi) is 6.57. The predicted molar refractivity (Wildman–Crippen MR) is 103 cm³/mol. The molecular formula is C20H25N3O2. The standard InChI is InChI=1S/C20H25N3O2/c1-4-23(19-7-5-6-15(2)14-19)20(25)12-13-21-17-8-10-18(11-9-17)22-16(3)24/h5-11,14,21H,4,12-13H2,1-3H3,(H,22,24). The Hall–Kier alpha value is -2.82. The summed E-state index contributed by atoms with van der Waals surface area (Å²) in [5.74, 6) is -0.00224. The van der Waals surface area contributed by atoms with Crippen molar-refractivity contribution >= 4 is 28.9 Å². The maximum Gasteiger partial charge on any atom is 0.228 e. The monoisotopic (exact) mass is 339 g/mol. The maximum atomic E-state index is 12.5. The topological polar surface area (TPSA) is 61.4 Å². The van der Waals surface area contributed by atoms with E-state index in [0.29, 0.717) is 19.5 Å². The molecule has 2 N–H and O–H groups in total. The third-order valence-corrected chi connectivity index (χ3v) is 3.80. The van der Waals surface area contributed by atoms with Gasteiger partial charge < -0.3 is 15.5 Å². The molecule has 0 fully saturated rings. The molecule has 0 atom stereocenters. The van der Waals surface area contributed by atoms with E-state index in [0.717, 1.165) is 22.6 Å². The molecule has 5 heteroatoms. The molecule has 132 valence electrons. The number of carbonyl (C=O) groups excluding carboxylic acids is 2. The fraction of sp³-hybridized carbons (Fsp3) is 0.300. The fourth-order valence-electron chi connectivity index (χ4n) is 2.62. The molecule has 0 saturated carbocycles. The Morgan fingerprint density at radius 2 is 1.72 bits per heavy atom. The molecule has 2 rings (SSSR count). The van der Waals surface area contributed by atoms with Gasteiger partial charge in [0, 0.05) is 43.5 Å². The lowest BCUT2D eigenvalue weighted by Gasteiger charge is -2.21. The van der Waals surface area contributed by atoms with Crippen LogP contribution in [0.25, 0.3) is 0 Å². The molecule has 0 unspecified atom stereocenters. The van der Waals surface area contributed by atoms with Crippen molar-refractivity contribution in [2.24, 2.45) is 0 Å². The van der Waals surface area contributed by atoms with Gasteiger partial charge in [0.05, 0.1) is 0 Å². The molecule has 2 aromatic rings. The molecule has 0 heterocycles. The molecule has 5 nitrogen and oxygen atoms in total. The van der Waals surface area contributed by atoms with Gasteiger partial charge in [0.25, 0.3) is 0 Å². The zero-order valence-corrected chi connectivity index (χ0v) is 15.0. The molecule has 0 saturated heterocycles. The number of anilines is 3. The summed E-state index contributed by atoms with van der Waals surface area (Å²) in [6, 6.07) is 15.4. The van der Waals surface area contributed by atoms with Gasteiger partial charge in [-0.1, -0.05) is 12.1 Å². The summed E-state index contributed by atoms with van der Waals surface area (Å²) in [6.07, 6.45) is 0.412. The van der Waals surface area contributed by atoms with Gasteiger partial charge >= 0.3 is 0 Å². The van der Waals surface area contributed by atoms with Crippen LogP contribution < -0.4 is 15.5 Å². The lowest BCUT2D eigenvalue weighted by Crippen LogP contribution is -2.31. The Morgan fingerprint density at radius 3 is 2.32 bits per heavy atom. The highest BCUT2D eigenvalue weighted by molar-refractivity contribution is 5.93. The summed E-state index contributed by atoms with van der Waals surface area (Å²) in [7, 11) is 0. The van der Waals surface area contributed by atoms with Gasteiger partial charge in [-0.15, -0.1) is 0 Å². The average molecular weight is 339 g/mol. The van der Waals surface area contributed by atoms with E-state index in [2.05, 4.69) is 10.6 Å². The van der Waals surface area contributed by atoms with Crippen LogP contribution in [0, 0.1) is 6.92 Å². The van der Waals surface area contributed by atoms with E-state index in [1.165, 1.54) is 6.92 Å². The van der Waals surface area contributed by atoms with Crippen LogP contribution in [-0.4, -0.2) is 24.9 Å². The molecule has 0 aliphatic heterocycles. The lowest BCUT2D eigenvalue weighted by atomic mass is 10.2. The number of hydrogen-bond acceptors (Lipinski definition) is 3. The molecule has 0 spiro atoms. The number of amides is 2. The van der Waals surface area contributed by atoms with Gasteiger partial charge in [-0.05, 0) is 55.8 Å². The summed E-state index contributed by atoms with van der Waals surface area (Å²) in [5, 5.41) is 5.96. The number of aryl methyl sites for hydroxylation is 1. The quantitative estimate of drug-likeness (QED) is 0.806. The van der Waals surface area contributed by atoms with Crippen LogP contribution in [0.5, 0.6) is 0 Å². The zero-order valence-electron chi connectivity index (χ0n) is 15.0. The van der Waals surface area contributed by atoms with Crippen LogP contribution in [0.4, 0.5) is 17.1 Å². The van der Waals surface area contributed by atoms with E-state index in [1.807, 2.05) is 62.4 Å². The third-order valence-electron chi connectivity index (χ3n) is 3.80. The summed E-state index contributed by atoms with van der Waals surface area (Å²) in [5.41, 5.74) is 3.75. The Bertz CT molecular complexity index is 726. The van der Waals surface area contributed by atoms with E-state index in [-0.39, 0.29) is 11.8 Å². The van der Waals surface area contributed by atoms with Crippen molar-refractivity contribution in [3.05, 3.63) is 54.1 Å². The average Bonchev–Trinajstić information content (AvgIpc) is 2.57. The minimum absolute atomic E-state index is 0.0930. The first kappa shape index (κ1) is 18.5. The van der Waals surface area contributed by atoms with Gasteiger partial charge in [0.1, 0.15) is 0 Å². The van der Waals surface area contributed by atoms with E-state index >= 15 is 0 Å². The molecule has 0 aromatic heterocycles. The summed E-state index contributed by atoms with van der Waals surface area (Å²) >= 11 is 0. The third kappa shape index (κ3) is 5.64. The second-order valence-corrected chi connectivity index (χ2v) is 5.91. The molecule has 2 amide bonds. The van der Waals surface area contributed by atoms with Crippen molar-refractivity contribution in [3.63, 3.8) is 0 Å². The SMILES string of the molecule is CCN(C(=O)CCNc1ccc(NC(C)=O)cc1)c1cccc(C)c1. The maximum absolute atomic E-state index is 12.5. The van der Waals surface area contributed by atoms with Gasteiger partial charge in [-0.2, -0.15) is 0 Å². The van der Waals surface area contributed by atoms with Gasteiger partial charge in [0.2, 0.25) is 11.8 Å². The lowest BCUT2D eigenvalue weighted by molar-refractivity contribution is -0.118. The van der Waals surface area contributed by atoms with E-state index in [9.17, 15) is 9.59 Å². The van der Waals surface area contributed by atoms with Crippen molar-refractivity contribution in [1.82, 2.24) is 0 Å². The highest BCUT2D eigenvalue weighted by Crippen LogP contribution is 2.17. The number of benzene rings is 2. The van der Waals surface area contributed by atoms with Crippen LogP contribution in [-0.2, 0) is 9.59 Å². The van der Waals surface area contributed by atoms with Crippen molar-refractivity contribution in [2.75, 3.05) is 28.6 Å². The Labute approximate surface area is 149 Å². The first-order chi connectivity index (χ1) is 12.0. The number of carbonyl (C=O) groups is 2. The molecule has 0 aliphatic rings. The molecular weight excluding hydrogens is 314 g/mol. The Balaban J connectivity index is 1.87. The summed E-state index contributed by atoms with van der Waals surface area (Å²) in [6.45, 7) is 6.68. The minimum atomic E-state index is -0.0953. The van der Waals surface area contributed by atoms with Crippen LogP contribution in [0.3, 0.4) is 0 Å². The van der Waals surface area contributed by atoms with Crippen molar-refractivity contribution < 1.29 is 9.59 Å². The fourth-order valence-corrected chi connectivity index (χ4v) is 2.62. The first-order valence-corrected chi connectivity index (χ1v) is 8.48. The molecule has 25 heavy (non-hydrogen) atoms. The number of hydrogen-bond donors (Lipinski definition) is 2.